The van der Waals surface area contributed by atoms with Crippen molar-refractivity contribution < 1.29 is 28.5 Å². The summed E-state index contributed by atoms with van der Waals surface area (Å²) in [5.41, 5.74) is -0.434. The molecule has 3 aromatic rings. The number of carbonyl (C=O) groups excluding carboxylic acids is 1. The summed E-state index contributed by atoms with van der Waals surface area (Å²) in [4.78, 5) is 36.8. The molecule has 11 heteroatoms. The number of rotatable bonds is 6. The predicted molar refractivity (Wildman–Crippen MR) is 106 cm³/mol. The van der Waals surface area contributed by atoms with Crippen molar-refractivity contribution in [3.8, 4) is 11.5 Å². The van der Waals surface area contributed by atoms with E-state index in [1.165, 1.54) is 24.5 Å². The van der Waals surface area contributed by atoms with Crippen LogP contribution in [0.3, 0.4) is 0 Å². The van der Waals surface area contributed by atoms with E-state index in [1.54, 1.807) is 24.3 Å². The van der Waals surface area contributed by atoms with Crippen molar-refractivity contribution in [1.29, 1.82) is 0 Å². The zero-order valence-corrected chi connectivity index (χ0v) is 15.5. The number of hydrogen-bond donors (Lipinski definition) is 0. The highest BCUT2D eigenvalue weighted by atomic mass is 16.6. The lowest BCUT2D eigenvalue weighted by Crippen LogP contribution is -2.04. The van der Waals surface area contributed by atoms with Crippen molar-refractivity contribution in [1.82, 2.24) is 0 Å². The number of cyclic esters (lactones) is 1. The van der Waals surface area contributed by atoms with Crippen molar-refractivity contribution in [3.63, 3.8) is 0 Å². The summed E-state index contributed by atoms with van der Waals surface area (Å²) >= 11 is 0. The number of hydrogen-bond acceptors (Lipinski definition) is 9. The monoisotopic (exact) mass is 421 g/mol. The minimum atomic E-state index is -0.770. The highest BCUT2D eigenvalue weighted by Crippen LogP contribution is 2.34. The smallest absolute Gasteiger partial charge is 0.363 e. The second-order valence-corrected chi connectivity index (χ2v) is 6.15. The molecular weight excluding hydrogens is 410 g/mol. The summed E-state index contributed by atoms with van der Waals surface area (Å²) in [5.74, 6) is -0.273. The van der Waals surface area contributed by atoms with Crippen LogP contribution in [0.2, 0.25) is 0 Å². The molecule has 0 N–H and O–H groups in total. The lowest BCUT2D eigenvalue weighted by Gasteiger charge is -2.07. The first-order valence-electron chi connectivity index (χ1n) is 8.68. The molecule has 0 amide bonds. The van der Waals surface area contributed by atoms with E-state index in [4.69, 9.17) is 13.9 Å². The quantitative estimate of drug-likeness (QED) is 0.248. The van der Waals surface area contributed by atoms with Crippen LogP contribution in [0.25, 0.3) is 6.08 Å². The number of nitro groups is 2. The van der Waals surface area contributed by atoms with Crippen LogP contribution in [0.5, 0.6) is 11.5 Å². The summed E-state index contributed by atoms with van der Waals surface area (Å²) in [6.07, 6.45) is 2.88. The van der Waals surface area contributed by atoms with Crippen LogP contribution in [0, 0.1) is 20.2 Å². The molecule has 1 aliphatic heterocycles. The van der Waals surface area contributed by atoms with Gasteiger partial charge >= 0.3 is 11.7 Å². The van der Waals surface area contributed by atoms with Crippen LogP contribution >= 0.6 is 0 Å². The third-order valence-electron chi connectivity index (χ3n) is 4.09. The lowest BCUT2D eigenvalue weighted by molar-refractivity contribution is -0.394. The minimum Gasteiger partial charge on any atom is -0.459 e. The molecule has 154 valence electrons. The third-order valence-corrected chi connectivity index (χ3v) is 4.09. The normalized spacial score (nSPS) is 14.3. The van der Waals surface area contributed by atoms with Gasteiger partial charge in [-0.2, -0.15) is 0 Å². The molecule has 0 saturated heterocycles. The molecule has 0 radical (unpaired) electrons. The van der Waals surface area contributed by atoms with Gasteiger partial charge in [-0.3, -0.25) is 20.2 Å². The number of benzene rings is 2. The first-order valence-corrected chi connectivity index (χ1v) is 8.68. The van der Waals surface area contributed by atoms with Gasteiger partial charge in [0.05, 0.1) is 22.2 Å². The fraction of sp³-hybridized carbons (Fsp3) is 0. The van der Waals surface area contributed by atoms with Crippen molar-refractivity contribution in [2.75, 3.05) is 0 Å². The number of aliphatic imine (C=N–C) groups is 1. The Balaban J connectivity index is 1.61. The van der Waals surface area contributed by atoms with Gasteiger partial charge < -0.3 is 13.9 Å². The first-order chi connectivity index (χ1) is 14.9. The van der Waals surface area contributed by atoms with Gasteiger partial charge in [-0.1, -0.05) is 12.1 Å². The largest absolute Gasteiger partial charge is 0.459 e. The Kier molecular flexibility index (Phi) is 4.98. The number of non-ortho nitro benzene ring substituents is 1. The molecule has 0 aliphatic carbocycles. The van der Waals surface area contributed by atoms with Crippen LogP contribution in [0.1, 0.15) is 11.3 Å². The number of esters is 1. The molecule has 2 aromatic carbocycles. The summed E-state index contributed by atoms with van der Waals surface area (Å²) in [6, 6.07) is 12.6. The molecule has 0 atom stereocenters. The summed E-state index contributed by atoms with van der Waals surface area (Å²) < 4.78 is 15.8. The van der Waals surface area contributed by atoms with Gasteiger partial charge in [-0.05, 0) is 42.0 Å². The number of nitro benzene ring substituents is 2. The zero-order valence-electron chi connectivity index (χ0n) is 15.5. The van der Waals surface area contributed by atoms with Crippen molar-refractivity contribution in [2.45, 2.75) is 0 Å². The maximum absolute atomic E-state index is 12.1. The maximum Gasteiger partial charge on any atom is 0.363 e. The third kappa shape index (κ3) is 4.15. The van der Waals surface area contributed by atoms with Crippen LogP contribution in [0.4, 0.5) is 11.4 Å². The zero-order chi connectivity index (χ0) is 22.0. The molecule has 11 nitrogen and oxygen atoms in total. The van der Waals surface area contributed by atoms with Gasteiger partial charge in [0, 0.05) is 6.07 Å². The Morgan fingerprint density at radius 3 is 2.55 bits per heavy atom. The number of nitrogens with zero attached hydrogens (tertiary/aromatic N) is 3. The van der Waals surface area contributed by atoms with Crippen molar-refractivity contribution in [3.05, 3.63) is 98.1 Å². The fourth-order valence-corrected chi connectivity index (χ4v) is 2.72. The van der Waals surface area contributed by atoms with E-state index < -0.39 is 27.2 Å². The number of furan rings is 1. The van der Waals surface area contributed by atoms with E-state index in [0.717, 1.165) is 18.2 Å². The second-order valence-electron chi connectivity index (χ2n) is 6.15. The van der Waals surface area contributed by atoms with Gasteiger partial charge in [0.15, 0.2) is 11.5 Å². The van der Waals surface area contributed by atoms with Crippen molar-refractivity contribution >= 4 is 29.3 Å². The van der Waals surface area contributed by atoms with Gasteiger partial charge in [0.1, 0.15) is 5.75 Å². The van der Waals surface area contributed by atoms with E-state index >= 15 is 0 Å². The average molecular weight is 421 g/mol. The van der Waals surface area contributed by atoms with Crippen LogP contribution in [-0.2, 0) is 9.53 Å². The number of ether oxygens (including phenoxy) is 2. The van der Waals surface area contributed by atoms with Gasteiger partial charge in [-0.25, -0.2) is 9.79 Å². The van der Waals surface area contributed by atoms with E-state index in [1.807, 2.05) is 0 Å². The molecule has 0 saturated carbocycles. The van der Waals surface area contributed by atoms with Gasteiger partial charge in [0.2, 0.25) is 5.75 Å². The van der Waals surface area contributed by atoms with E-state index in [-0.39, 0.29) is 23.1 Å². The molecule has 2 heterocycles. The molecule has 4 rings (SSSR count). The Hall–Kier alpha value is -4.80. The summed E-state index contributed by atoms with van der Waals surface area (Å²) in [6.45, 7) is 0. The van der Waals surface area contributed by atoms with Crippen LogP contribution in [-0.4, -0.2) is 21.7 Å². The number of carbonyl (C=O) groups is 1. The maximum atomic E-state index is 12.1. The average Bonchev–Trinajstić information content (AvgIpc) is 3.39. The molecular formula is C20H11N3O8. The Labute approximate surface area is 173 Å². The summed E-state index contributed by atoms with van der Waals surface area (Å²) in [5, 5.41) is 22.1. The Morgan fingerprint density at radius 2 is 1.84 bits per heavy atom. The highest BCUT2D eigenvalue weighted by molar-refractivity contribution is 6.11. The molecule has 31 heavy (non-hydrogen) atoms. The second kappa shape index (κ2) is 7.91. The van der Waals surface area contributed by atoms with Crippen LogP contribution in [0.15, 0.2) is 76.0 Å². The molecule has 0 unspecified atom stereocenters. The van der Waals surface area contributed by atoms with E-state index in [9.17, 15) is 25.0 Å². The lowest BCUT2D eigenvalue weighted by atomic mass is 10.2. The van der Waals surface area contributed by atoms with Gasteiger partial charge in [-0.15, -0.1) is 0 Å². The van der Waals surface area contributed by atoms with Crippen LogP contribution < -0.4 is 4.74 Å². The highest BCUT2D eigenvalue weighted by Gasteiger charge is 2.26. The van der Waals surface area contributed by atoms with E-state index in [2.05, 4.69) is 4.99 Å². The Morgan fingerprint density at radius 1 is 1.00 bits per heavy atom. The van der Waals surface area contributed by atoms with Crippen molar-refractivity contribution in [2.24, 2.45) is 4.99 Å². The Bertz CT molecular complexity index is 1260. The first kappa shape index (κ1) is 19.5. The molecule has 0 fully saturated rings. The molecule has 1 aromatic heterocycles. The van der Waals surface area contributed by atoms with E-state index in [0.29, 0.717) is 11.3 Å². The predicted octanol–water partition coefficient (Wildman–Crippen LogP) is 4.23. The van der Waals surface area contributed by atoms with Gasteiger partial charge in [0.25, 0.3) is 11.6 Å². The summed E-state index contributed by atoms with van der Waals surface area (Å²) in [7, 11) is 0. The SMILES string of the molecule is O=C1OC(c2ccco2)=N/C1=C\c1cccc(Oc2ccc([N+](=O)[O-])cc2[N+](=O)[O-])c1. The topological polar surface area (TPSA) is 147 Å². The molecule has 0 bridgehead atoms. The minimum absolute atomic E-state index is 0.0323. The fourth-order valence-electron chi connectivity index (χ4n) is 2.72. The standard InChI is InChI=1S/C20H11N3O8/c24-20-15(21-19(31-20)18-5-2-8-29-18)10-12-3-1-4-14(9-12)30-17-7-6-13(22(25)26)11-16(17)23(27)28/h1-11H/b15-10-. The molecule has 1 aliphatic rings. The molecule has 0 spiro atoms.